The Morgan fingerprint density at radius 3 is 1.15 bits per heavy atom. The van der Waals surface area contributed by atoms with Gasteiger partial charge in [0.25, 0.3) is 0 Å². The Morgan fingerprint density at radius 2 is 0.936 bits per heavy atom. The fourth-order valence-corrected chi connectivity index (χ4v) is 5.09. The van der Waals surface area contributed by atoms with Gasteiger partial charge in [-0.1, -0.05) is 81.4 Å². The number of rotatable bonds is 6. The van der Waals surface area contributed by atoms with Gasteiger partial charge in [0.15, 0.2) is 0 Å². The van der Waals surface area contributed by atoms with Gasteiger partial charge in [0.1, 0.15) is 11.5 Å². The fraction of sp³-hybridized carbons (Fsp3) is 0.579. The van der Waals surface area contributed by atoms with E-state index in [2.05, 4.69) is 93.5 Å². The van der Waals surface area contributed by atoms with Crippen molar-refractivity contribution in [2.24, 2.45) is 9.98 Å². The predicted molar refractivity (Wildman–Crippen MR) is 184 cm³/mol. The van der Waals surface area contributed by atoms with E-state index >= 15 is 0 Å². The topological polar surface area (TPSA) is 145 Å². The number of nitrogens with zero attached hydrogens (tertiary/aromatic N) is 2. The van der Waals surface area contributed by atoms with E-state index in [0.717, 1.165) is 61.8 Å². The smallest absolute Gasteiger partial charge is 0.550 e. The third kappa shape index (κ3) is 15.1. The zero-order valence-corrected chi connectivity index (χ0v) is 31.4. The summed E-state index contributed by atoms with van der Waals surface area (Å²) in [6.45, 7) is 23.5. The molecule has 1 saturated carbocycles. The van der Waals surface area contributed by atoms with E-state index in [1.54, 1.807) is 0 Å². The SMILES string of the molecule is CC(=O)[O-].CC(=O)[O-].CC(C)c1cc(C=NC2CCC(N=Cc3cc(C(C)C)cc(C(C)(C)C)c3O)CC2)c(O)c(C(C)(C)C)c1.[Co+2]. The minimum absolute atomic E-state index is 0. The molecule has 0 spiro atoms. The molecule has 0 aliphatic heterocycles. The molecule has 8 nitrogen and oxygen atoms in total. The average molecular weight is 696 g/mol. The molecule has 9 heteroatoms. The number of carbonyl (C=O) groups excluding carboxylic acids is 2. The van der Waals surface area contributed by atoms with Crippen LogP contribution in [0.3, 0.4) is 0 Å². The second-order valence-corrected chi connectivity index (χ2v) is 14.8. The van der Waals surface area contributed by atoms with Gasteiger partial charge < -0.3 is 30.0 Å². The van der Waals surface area contributed by atoms with Crippen LogP contribution in [0.4, 0.5) is 0 Å². The molecule has 2 aromatic carbocycles. The van der Waals surface area contributed by atoms with Crippen LogP contribution in [0.2, 0.25) is 0 Å². The Balaban J connectivity index is 0.00000211. The molecule has 2 N–H and O–H groups in total. The van der Waals surface area contributed by atoms with E-state index in [1.807, 2.05) is 12.4 Å². The van der Waals surface area contributed by atoms with Crippen LogP contribution >= 0.6 is 0 Å². The van der Waals surface area contributed by atoms with E-state index in [9.17, 15) is 10.2 Å². The number of aliphatic imine (C=N–C) groups is 2. The molecule has 47 heavy (non-hydrogen) atoms. The molecule has 0 saturated heterocycles. The van der Waals surface area contributed by atoms with Crippen molar-refractivity contribution in [3.05, 3.63) is 57.6 Å². The largest absolute Gasteiger partial charge is 2.00 e. The number of phenolic OH excluding ortho intramolecular Hbond substituents is 2. The Kier molecular flexibility index (Phi) is 17.7. The van der Waals surface area contributed by atoms with Crippen molar-refractivity contribution in [3.8, 4) is 11.5 Å². The van der Waals surface area contributed by atoms with Crippen LogP contribution in [-0.2, 0) is 37.2 Å². The van der Waals surface area contributed by atoms with Crippen LogP contribution in [0.5, 0.6) is 11.5 Å². The number of hydrogen-bond acceptors (Lipinski definition) is 8. The van der Waals surface area contributed by atoms with Gasteiger partial charge in [0.2, 0.25) is 0 Å². The summed E-state index contributed by atoms with van der Waals surface area (Å²) in [6, 6.07) is 8.93. The first kappa shape index (κ1) is 43.8. The van der Waals surface area contributed by atoms with E-state index in [1.165, 1.54) is 11.1 Å². The number of aromatic hydroxyl groups is 2. The number of hydrogen-bond donors (Lipinski definition) is 2. The van der Waals surface area contributed by atoms with Crippen molar-refractivity contribution in [3.63, 3.8) is 0 Å². The minimum atomic E-state index is -1.08. The number of phenols is 2. The molecule has 1 fully saturated rings. The standard InChI is InChI=1S/C34H50N2O2.2C2H4O2.Co/c1-21(2)23-15-25(31(37)29(17-23)33(5,6)7)19-35-27-11-13-28(14-12-27)36-20-26-16-24(22(3)4)18-30(32(26)38)34(8,9)10;2*1-2(3)4;/h15-22,27-28,37-38H,11-14H2,1-10H3;2*1H3,(H,3,4);/q;;;+2/p-2. The van der Waals surface area contributed by atoms with E-state index in [-0.39, 0.29) is 39.7 Å². The number of carboxylic acids is 2. The molecule has 2 aromatic rings. The molecule has 1 aliphatic rings. The Hall–Kier alpha value is -3.17. The second kappa shape index (κ2) is 19.0. The summed E-state index contributed by atoms with van der Waals surface area (Å²) >= 11 is 0. The monoisotopic (exact) mass is 695 g/mol. The first-order valence-electron chi connectivity index (χ1n) is 16.2. The molecule has 3 rings (SSSR count). The Bertz CT molecular complexity index is 1260. The van der Waals surface area contributed by atoms with E-state index < -0.39 is 11.9 Å². The van der Waals surface area contributed by atoms with Gasteiger partial charge in [-0.15, -0.1) is 0 Å². The average Bonchev–Trinajstić information content (AvgIpc) is 2.90. The van der Waals surface area contributed by atoms with Crippen LogP contribution in [0.15, 0.2) is 34.3 Å². The van der Waals surface area contributed by atoms with Gasteiger partial charge in [0, 0.05) is 46.6 Å². The third-order valence-corrected chi connectivity index (χ3v) is 7.79. The molecule has 0 bridgehead atoms. The summed E-state index contributed by atoms with van der Waals surface area (Å²) in [7, 11) is 0. The molecule has 0 atom stereocenters. The molecular weight excluding hydrogens is 639 g/mol. The maximum atomic E-state index is 11.0. The maximum Gasteiger partial charge on any atom is 2.00 e. The first-order valence-corrected chi connectivity index (χ1v) is 16.2. The van der Waals surface area contributed by atoms with Crippen molar-refractivity contribution >= 4 is 24.4 Å². The fourth-order valence-electron chi connectivity index (χ4n) is 5.09. The molecule has 0 amide bonds. The summed E-state index contributed by atoms with van der Waals surface area (Å²) in [6.07, 6.45) is 7.66. The van der Waals surface area contributed by atoms with Crippen LogP contribution in [0.1, 0.15) is 154 Å². The zero-order chi connectivity index (χ0) is 35.6. The summed E-state index contributed by atoms with van der Waals surface area (Å²) in [5.74, 6) is -0.696. The number of aliphatic carboxylic acids is 2. The van der Waals surface area contributed by atoms with Crippen molar-refractivity contribution in [1.82, 2.24) is 0 Å². The Morgan fingerprint density at radius 1 is 0.681 bits per heavy atom. The van der Waals surface area contributed by atoms with Crippen molar-refractivity contribution < 1.29 is 46.8 Å². The van der Waals surface area contributed by atoms with Crippen LogP contribution < -0.4 is 10.2 Å². The molecule has 263 valence electrons. The molecule has 1 aliphatic carbocycles. The quantitative estimate of drug-likeness (QED) is 0.340. The van der Waals surface area contributed by atoms with Crippen LogP contribution in [0, 0.1) is 0 Å². The van der Waals surface area contributed by atoms with Crippen LogP contribution in [0.25, 0.3) is 0 Å². The zero-order valence-electron chi connectivity index (χ0n) is 30.4. The van der Waals surface area contributed by atoms with Crippen molar-refractivity contribution in [2.45, 2.75) is 144 Å². The predicted octanol–water partition coefficient (Wildman–Crippen LogP) is 6.30. The molecule has 0 aromatic heterocycles. The van der Waals surface area contributed by atoms with E-state index in [4.69, 9.17) is 29.8 Å². The maximum absolute atomic E-state index is 11.0. The van der Waals surface area contributed by atoms with Crippen LogP contribution in [-0.4, -0.2) is 46.7 Å². The van der Waals surface area contributed by atoms with Gasteiger partial charge in [0.05, 0.1) is 12.1 Å². The number of carbonyl (C=O) groups is 2. The summed E-state index contributed by atoms with van der Waals surface area (Å²) in [4.78, 5) is 27.6. The number of benzene rings is 2. The van der Waals surface area contributed by atoms with Gasteiger partial charge in [-0.05, 0) is 85.5 Å². The van der Waals surface area contributed by atoms with Gasteiger partial charge in [-0.25, -0.2) is 0 Å². The molecule has 0 heterocycles. The van der Waals surface area contributed by atoms with Gasteiger partial charge in [-0.2, -0.15) is 0 Å². The van der Waals surface area contributed by atoms with Crippen molar-refractivity contribution in [2.75, 3.05) is 0 Å². The van der Waals surface area contributed by atoms with E-state index in [0.29, 0.717) is 23.3 Å². The molecule has 1 radical (unpaired) electrons. The third-order valence-electron chi connectivity index (χ3n) is 7.79. The molecular formula is C38H56CoN2O6. The Labute approximate surface area is 293 Å². The first-order chi connectivity index (χ1) is 21.0. The molecule has 0 unspecified atom stereocenters. The minimum Gasteiger partial charge on any atom is -0.550 e. The van der Waals surface area contributed by atoms with Crippen molar-refractivity contribution in [1.29, 1.82) is 0 Å². The number of carboxylic acid groups (broad SMARTS) is 2. The second-order valence-electron chi connectivity index (χ2n) is 14.8. The summed E-state index contributed by atoms with van der Waals surface area (Å²) in [5, 5.41) is 39.8. The normalized spacial score (nSPS) is 16.7. The summed E-state index contributed by atoms with van der Waals surface area (Å²) in [5.41, 5.74) is 5.77. The van der Waals surface area contributed by atoms with Gasteiger partial charge >= 0.3 is 16.8 Å². The summed E-state index contributed by atoms with van der Waals surface area (Å²) < 4.78 is 0. The van der Waals surface area contributed by atoms with Gasteiger partial charge in [-0.3, -0.25) is 9.98 Å².